The number of thiophene rings is 1. The van der Waals surface area contributed by atoms with Gasteiger partial charge in [-0.3, -0.25) is 0 Å². The van der Waals surface area contributed by atoms with Crippen LogP contribution in [0.3, 0.4) is 0 Å². The van der Waals surface area contributed by atoms with Crippen LogP contribution in [0.15, 0.2) is 17.5 Å². The molecule has 15 heavy (non-hydrogen) atoms. The highest BCUT2D eigenvalue weighted by molar-refractivity contribution is 7.09. The van der Waals surface area contributed by atoms with Crippen molar-refractivity contribution >= 4 is 11.3 Å². The average Bonchev–Trinajstić information content (AvgIpc) is 2.74. The molecule has 1 aromatic heterocycles. The van der Waals surface area contributed by atoms with E-state index in [0.29, 0.717) is 13.2 Å². The molecule has 0 unspecified atom stereocenters. The molecule has 0 saturated heterocycles. The second kappa shape index (κ2) is 7.82. The Morgan fingerprint density at radius 2 is 2.27 bits per heavy atom. The second-order valence-electron chi connectivity index (χ2n) is 3.47. The lowest BCUT2D eigenvalue weighted by atomic mass is 10.3. The summed E-state index contributed by atoms with van der Waals surface area (Å²) in [7, 11) is 2.09. The molecule has 0 saturated carbocycles. The van der Waals surface area contributed by atoms with Crippen LogP contribution in [0, 0.1) is 0 Å². The summed E-state index contributed by atoms with van der Waals surface area (Å²) in [4.78, 5) is 3.68. The lowest BCUT2D eigenvalue weighted by Crippen LogP contribution is -2.25. The summed E-state index contributed by atoms with van der Waals surface area (Å²) >= 11 is 1.81. The van der Waals surface area contributed by atoms with Crippen molar-refractivity contribution in [2.75, 3.05) is 40.0 Å². The van der Waals surface area contributed by atoms with Crippen molar-refractivity contribution < 1.29 is 9.84 Å². The molecule has 86 valence electrons. The molecule has 0 spiro atoms. The van der Waals surface area contributed by atoms with Gasteiger partial charge in [0.05, 0.1) is 19.8 Å². The number of likely N-dealkylation sites (N-methyl/N-ethyl adjacent to an activating group) is 1. The first kappa shape index (κ1) is 12.6. The van der Waals surface area contributed by atoms with Gasteiger partial charge in [0.1, 0.15) is 0 Å². The normalized spacial score (nSPS) is 11.1. The maximum Gasteiger partial charge on any atom is 0.0698 e. The van der Waals surface area contributed by atoms with Gasteiger partial charge in [0.2, 0.25) is 0 Å². The SMILES string of the molecule is CN(CCOCCO)CCc1cccs1. The molecule has 1 rings (SSSR count). The number of aliphatic hydroxyl groups is 1. The second-order valence-corrected chi connectivity index (χ2v) is 4.50. The van der Waals surface area contributed by atoms with Crippen LogP contribution in [0.4, 0.5) is 0 Å². The Morgan fingerprint density at radius 1 is 1.40 bits per heavy atom. The zero-order valence-electron chi connectivity index (χ0n) is 9.19. The molecule has 0 amide bonds. The van der Waals surface area contributed by atoms with Gasteiger partial charge in [0.15, 0.2) is 0 Å². The van der Waals surface area contributed by atoms with Crippen LogP contribution in [0.2, 0.25) is 0 Å². The Bertz CT molecular complexity index is 239. The van der Waals surface area contributed by atoms with Crippen molar-refractivity contribution in [3.63, 3.8) is 0 Å². The molecule has 1 N–H and O–H groups in total. The monoisotopic (exact) mass is 229 g/mol. The minimum absolute atomic E-state index is 0.110. The summed E-state index contributed by atoms with van der Waals surface area (Å²) in [6.07, 6.45) is 1.11. The highest BCUT2D eigenvalue weighted by Gasteiger charge is 1.99. The Labute approximate surface area is 95.3 Å². The predicted molar refractivity (Wildman–Crippen MR) is 63.4 cm³/mol. The lowest BCUT2D eigenvalue weighted by molar-refractivity contribution is 0.0786. The fourth-order valence-corrected chi connectivity index (χ4v) is 1.95. The molecule has 0 fully saturated rings. The molecule has 1 aromatic rings. The predicted octanol–water partition coefficient (Wildman–Crippen LogP) is 1.23. The lowest BCUT2D eigenvalue weighted by Gasteiger charge is -2.15. The molecule has 4 heteroatoms. The summed E-state index contributed by atoms with van der Waals surface area (Å²) < 4.78 is 5.20. The average molecular weight is 229 g/mol. The number of hydrogen-bond donors (Lipinski definition) is 1. The van der Waals surface area contributed by atoms with Crippen LogP contribution in [0.25, 0.3) is 0 Å². The third-order valence-corrected chi connectivity index (χ3v) is 3.11. The number of ether oxygens (including phenoxy) is 1. The van der Waals surface area contributed by atoms with Gasteiger partial charge in [0.25, 0.3) is 0 Å². The van der Waals surface area contributed by atoms with E-state index >= 15 is 0 Å². The van der Waals surface area contributed by atoms with E-state index in [-0.39, 0.29) is 6.61 Å². The minimum Gasteiger partial charge on any atom is -0.394 e. The smallest absolute Gasteiger partial charge is 0.0698 e. The standard InChI is InChI=1S/C11H19NO2S/c1-12(6-8-14-9-7-13)5-4-11-3-2-10-15-11/h2-3,10,13H,4-9H2,1H3. The van der Waals surface area contributed by atoms with Gasteiger partial charge in [-0.2, -0.15) is 0 Å². The van der Waals surface area contributed by atoms with Crippen molar-refractivity contribution in [3.8, 4) is 0 Å². The van der Waals surface area contributed by atoms with Gasteiger partial charge in [-0.1, -0.05) is 6.07 Å². The van der Waals surface area contributed by atoms with Crippen LogP contribution in [-0.2, 0) is 11.2 Å². The third-order valence-electron chi connectivity index (χ3n) is 2.17. The molecule has 0 aromatic carbocycles. The molecular weight excluding hydrogens is 210 g/mol. The topological polar surface area (TPSA) is 32.7 Å². The van der Waals surface area contributed by atoms with E-state index in [9.17, 15) is 0 Å². The van der Waals surface area contributed by atoms with Crippen LogP contribution >= 0.6 is 11.3 Å². The first-order chi connectivity index (χ1) is 7.33. The zero-order valence-corrected chi connectivity index (χ0v) is 10.0. The molecule has 0 atom stereocenters. The maximum absolute atomic E-state index is 8.52. The van der Waals surface area contributed by atoms with E-state index in [1.54, 1.807) is 11.3 Å². The highest BCUT2D eigenvalue weighted by atomic mass is 32.1. The van der Waals surface area contributed by atoms with E-state index in [1.165, 1.54) is 4.88 Å². The van der Waals surface area contributed by atoms with Gasteiger partial charge in [0, 0.05) is 18.0 Å². The quantitative estimate of drug-likeness (QED) is 0.681. The molecule has 0 radical (unpaired) electrons. The zero-order chi connectivity index (χ0) is 10.9. The summed E-state index contributed by atoms with van der Waals surface area (Å²) in [5.41, 5.74) is 0. The summed E-state index contributed by atoms with van der Waals surface area (Å²) in [6.45, 7) is 3.23. The van der Waals surface area contributed by atoms with Crippen LogP contribution in [-0.4, -0.2) is 50.0 Å². The fourth-order valence-electron chi connectivity index (χ4n) is 1.25. The van der Waals surface area contributed by atoms with Gasteiger partial charge < -0.3 is 14.7 Å². The summed E-state index contributed by atoms with van der Waals surface area (Å²) in [6, 6.07) is 4.26. The molecular formula is C11H19NO2S. The van der Waals surface area contributed by atoms with E-state index in [4.69, 9.17) is 9.84 Å². The van der Waals surface area contributed by atoms with Gasteiger partial charge >= 0.3 is 0 Å². The van der Waals surface area contributed by atoms with Crippen molar-refractivity contribution in [1.82, 2.24) is 4.90 Å². The number of hydrogen-bond acceptors (Lipinski definition) is 4. The van der Waals surface area contributed by atoms with Crippen LogP contribution in [0.5, 0.6) is 0 Å². The minimum atomic E-state index is 0.110. The van der Waals surface area contributed by atoms with Gasteiger partial charge in [-0.25, -0.2) is 0 Å². The van der Waals surface area contributed by atoms with Crippen LogP contribution in [0.1, 0.15) is 4.88 Å². The first-order valence-corrected chi connectivity index (χ1v) is 6.10. The fraction of sp³-hybridized carbons (Fsp3) is 0.636. The van der Waals surface area contributed by atoms with E-state index in [0.717, 1.165) is 19.5 Å². The Hall–Kier alpha value is -0.420. The molecule has 0 aliphatic heterocycles. The number of aliphatic hydroxyl groups excluding tert-OH is 1. The van der Waals surface area contributed by atoms with E-state index < -0.39 is 0 Å². The van der Waals surface area contributed by atoms with E-state index in [1.807, 2.05) is 0 Å². The van der Waals surface area contributed by atoms with Crippen molar-refractivity contribution in [2.24, 2.45) is 0 Å². The summed E-state index contributed by atoms with van der Waals surface area (Å²) in [5, 5.41) is 10.6. The molecule has 3 nitrogen and oxygen atoms in total. The molecule has 0 bridgehead atoms. The third kappa shape index (κ3) is 5.89. The van der Waals surface area contributed by atoms with Crippen molar-refractivity contribution in [3.05, 3.63) is 22.4 Å². The Balaban J connectivity index is 2.01. The van der Waals surface area contributed by atoms with Crippen LogP contribution < -0.4 is 0 Å². The van der Waals surface area contributed by atoms with Crippen molar-refractivity contribution in [1.29, 1.82) is 0 Å². The number of rotatable bonds is 8. The first-order valence-electron chi connectivity index (χ1n) is 5.22. The molecule has 1 heterocycles. The molecule has 0 aliphatic carbocycles. The van der Waals surface area contributed by atoms with Gasteiger partial charge in [-0.15, -0.1) is 11.3 Å². The largest absolute Gasteiger partial charge is 0.394 e. The maximum atomic E-state index is 8.52. The number of nitrogens with zero attached hydrogens (tertiary/aromatic N) is 1. The van der Waals surface area contributed by atoms with E-state index in [2.05, 4.69) is 29.5 Å². The molecule has 0 aliphatic rings. The Morgan fingerprint density at radius 3 is 2.93 bits per heavy atom. The van der Waals surface area contributed by atoms with Gasteiger partial charge in [-0.05, 0) is 24.9 Å². The van der Waals surface area contributed by atoms with Crippen molar-refractivity contribution in [2.45, 2.75) is 6.42 Å². The highest BCUT2D eigenvalue weighted by Crippen LogP contribution is 2.09. The summed E-state index contributed by atoms with van der Waals surface area (Å²) in [5.74, 6) is 0. The Kier molecular flexibility index (Phi) is 6.59.